The Labute approximate surface area is 233 Å². The standard InChI is InChI=1S/C28H32F3N7O3/c1-15-22(37-41-36-15)25(40)35-24(17-4-6-28(30,31)7-5-17)19-11-38-20(33-19)8-18(10-32-38)23(16-2-3-16)34-21(39)9-26-12-27(29,13-26)14-26/h8,10-11,16-17,23-24H,2-7,9,12-14H2,1H3,(H,34,39)(H,35,40)/t23?,24-,26?,27?/m0/s1. The maximum Gasteiger partial charge on any atom is 0.276 e. The van der Waals surface area contributed by atoms with Crippen LogP contribution in [0.5, 0.6) is 0 Å². The van der Waals surface area contributed by atoms with E-state index in [2.05, 4.69) is 30.7 Å². The molecule has 2 bridgehead atoms. The van der Waals surface area contributed by atoms with Crippen molar-refractivity contribution in [3.8, 4) is 0 Å². The lowest BCUT2D eigenvalue weighted by Gasteiger charge is -2.65. The van der Waals surface area contributed by atoms with Gasteiger partial charge in [0.25, 0.3) is 5.91 Å². The Morgan fingerprint density at radius 3 is 2.39 bits per heavy atom. The molecule has 2 N–H and O–H groups in total. The summed E-state index contributed by atoms with van der Waals surface area (Å²) in [4.78, 5) is 30.7. The van der Waals surface area contributed by atoms with E-state index < -0.39 is 23.5 Å². The number of aryl methyl sites for hydroxylation is 1. The lowest BCUT2D eigenvalue weighted by atomic mass is 9.41. The molecule has 0 aromatic carbocycles. The number of imidazole rings is 1. The van der Waals surface area contributed by atoms with E-state index in [1.807, 2.05) is 6.07 Å². The van der Waals surface area contributed by atoms with Gasteiger partial charge in [0.05, 0.1) is 30.2 Å². The summed E-state index contributed by atoms with van der Waals surface area (Å²) in [6, 6.07) is 1.01. The number of nitrogens with one attached hydrogen (secondary N) is 2. The van der Waals surface area contributed by atoms with Crippen LogP contribution in [0.2, 0.25) is 0 Å². The molecule has 5 saturated carbocycles. The number of hydrogen-bond donors (Lipinski definition) is 2. The van der Waals surface area contributed by atoms with Crippen molar-refractivity contribution in [1.82, 2.24) is 35.5 Å². The zero-order valence-corrected chi connectivity index (χ0v) is 22.7. The van der Waals surface area contributed by atoms with Gasteiger partial charge in [0.1, 0.15) is 11.4 Å². The number of carbonyl (C=O) groups excluding carboxylic acids is 2. The summed E-state index contributed by atoms with van der Waals surface area (Å²) in [5, 5.41) is 18.0. The SMILES string of the molecule is Cc1nonc1C(=O)N[C@H](c1cn2ncc(C(NC(=O)CC34CC(F)(C3)C4)C3CC3)cc2n1)C1CCC(F)(F)CC1. The Morgan fingerprint density at radius 2 is 1.76 bits per heavy atom. The smallest absolute Gasteiger partial charge is 0.276 e. The second kappa shape index (κ2) is 9.25. The molecule has 1 unspecified atom stereocenters. The molecule has 8 rings (SSSR count). The molecular weight excluding hydrogens is 539 g/mol. The van der Waals surface area contributed by atoms with Crippen molar-refractivity contribution < 1.29 is 27.4 Å². The lowest BCUT2D eigenvalue weighted by Crippen LogP contribution is -2.65. The van der Waals surface area contributed by atoms with Crippen LogP contribution in [0.1, 0.15) is 104 Å². The summed E-state index contributed by atoms with van der Waals surface area (Å²) in [6.07, 6.45) is 7.09. The van der Waals surface area contributed by atoms with E-state index in [0.717, 1.165) is 18.4 Å². The zero-order chi connectivity index (χ0) is 28.6. The largest absolute Gasteiger partial charge is 0.349 e. The normalized spacial score (nSPS) is 28.4. The van der Waals surface area contributed by atoms with E-state index in [9.17, 15) is 22.8 Å². The molecule has 5 fully saturated rings. The van der Waals surface area contributed by atoms with Crippen LogP contribution in [-0.4, -0.2) is 48.3 Å². The summed E-state index contributed by atoms with van der Waals surface area (Å²) in [7, 11) is 0. The first kappa shape index (κ1) is 26.4. The fraction of sp³-hybridized carbons (Fsp3) is 0.643. The number of carbonyl (C=O) groups is 2. The summed E-state index contributed by atoms with van der Waals surface area (Å²) < 4.78 is 48.1. The molecule has 2 atom stereocenters. The minimum atomic E-state index is -2.72. The summed E-state index contributed by atoms with van der Waals surface area (Å²) in [5.41, 5.74) is 1.000. The van der Waals surface area contributed by atoms with Crippen LogP contribution in [0.15, 0.2) is 23.1 Å². The number of halogens is 3. The van der Waals surface area contributed by atoms with E-state index in [0.29, 0.717) is 48.6 Å². The average molecular weight is 572 g/mol. The lowest BCUT2D eigenvalue weighted by molar-refractivity contribution is -0.215. The van der Waals surface area contributed by atoms with Crippen molar-refractivity contribution in [1.29, 1.82) is 0 Å². The van der Waals surface area contributed by atoms with Crippen molar-refractivity contribution in [2.75, 3.05) is 0 Å². The number of hydrogen-bond acceptors (Lipinski definition) is 7. The molecule has 3 aromatic heterocycles. The van der Waals surface area contributed by atoms with Crippen LogP contribution >= 0.6 is 0 Å². The molecule has 41 heavy (non-hydrogen) atoms. The van der Waals surface area contributed by atoms with Crippen LogP contribution in [0.3, 0.4) is 0 Å². The summed E-state index contributed by atoms with van der Waals surface area (Å²) in [6.45, 7) is 1.60. The first-order chi connectivity index (χ1) is 19.5. The van der Waals surface area contributed by atoms with Crippen molar-refractivity contribution in [2.24, 2.45) is 17.3 Å². The third kappa shape index (κ3) is 4.97. The molecule has 5 aliphatic rings. The predicted octanol–water partition coefficient (Wildman–Crippen LogP) is 4.57. The van der Waals surface area contributed by atoms with Gasteiger partial charge in [-0.15, -0.1) is 0 Å². The fourth-order valence-corrected chi connectivity index (χ4v) is 7.22. The Kier molecular flexibility index (Phi) is 5.95. The predicted molar refractivity (Wildman–Crippen MR) is 137 cm³/mol. The van der Waals surface area contributed by atoms with Crippen molar-refractivity contribution in [2.45, 2.75) is 94.8 Å². The topological polar surface area (TPSA) is 127 Å². The Balaban J connectivity index is 1.13. The van der Waals surface area contributed by atoms with Gasteiger partial charge >= 0.3 is 0 Å². The van der Waals surface area contributed by atoms with Crippen LogP contribution in [0, 0.1) is 24.2 Å². The molecule has 218 valence electrons. The van der Waals surface area contributed by atoms with E-state index in [1.165, 1.54) is 0 Å². The van der Waals surface area contributed by atoms with Gasteiger partial charge in [0.2, 0.25) is 11.8 Å². The second-order valence-electron chi connectivity index (χ2n) is 12.8. The van der Waals surface area contributed by atoms with Gasteiger partial charge in [-0.3, -0.25) is 9.59 Å². The number of rotatable bonds is 9. The minimum Gasteiger partial charge on any atom is -0.349 e. The van der Waals surface area contributed by atoms with Crippen molar-refractivity contribution >= 4 is 17.5 Å². The molecule has 0 aliphatic heterocycles. The third-order valence-electron chi connectivity index (χ3n) is 9.45. The summed E-state index contributed by atoms with van der Waals surface area (Å²) >= 11 is 0. The van der Waals surface area contributed by atoms with Gasteiger partial charge in [0, 0.05) is 19.3 Å². The van der Waals surface area contributed by atoms with Gasteiger partial charge < -0.3 is 10.6 Å². The van der Waals surface area contributed by atoms with Crippen LogP contribution in [0.25, 0.3) is 5.65 Å². The quantitative estimate of drug-likeness (QED) is 0.385. The van der Waals surface area contributed by atoms with Gasteiger partial charge in [-0.2, -0.15) is 5.10 Å². The number of fused-ring (bicyclic) bond motifs is 1. The van der Waals surface area contributed by atoms with Crippen LogP contribution in [0.4, 0.5) is 13.2 Å². The molecular formula is C28H32F3N7O3. The van der Waals surface area contributed by atoms with Crippen molar-refractivity contribution in [3.05, 3.63) is 41.1 Å². The number of nitrogens with zero attached hydrogens (tertiary/aromatic N) is 5. The van der Waals surface area contributed by atoms with E-state index in [-0.39, 0.29) is 54.7 Å². The minimum absolute atomic E-state index is 0.0314. The van der Waals surface area contributed by atoms with Gasteiger partial charge in [-0.1, -0.05) is 5.16 Å². The Hall–Kier alpha value is -3.51. The monoisotopic (exact) mass is 571 g/mol. The molecule has 2 amide bonds. The molecule has 3 heterocycles. The van der Waals surface area contributed by atoms with Gasteiger partial charge in [-0.05, 0) is 85.9 Å². The van der Waals surface area contributed by atoms with Crippen LogP contribution in [-0.2, 0) is 4.79 Å². The average Bonchev–Trinajstić information content (AvgIpc) is 3.49. The van der Waals surface area contributed by atoms with E-state index in [4.69, 9.17) is 4.98 Å². The molecule has 0 radical (unpaired) electrons. The second-order valence-corrected chi connectivity index (χ2v) is 12.8. The zero-order valence-electron chi connectivity index (χ0n) is 22.7. The van der Waals surface area contributed by atoms with Gasteiger partial charge in [-0.25, -0.2) is 27.3 Å². The highest BCUT2D eigenvalue weighted by molar-refractivity contribution is 5.93. The highest BCUT2D eigenvalue weighted by Crippen LogP contribution is 2.71. The third-order valence-corrected chi connectivity index (χ3v) is 9.45. The number of alkyl halides is 3. The molecule has 13 heteroatoms. The van der Waals surface area contributed by atoms with E-state index >= 15 is 0 Å². The Morgan fingerprint density at radius 1 is 1.05 bits per heavy atom. The van der Waals surface area contributed by atoms with E-state index in [1.54, 1.807) is 23.8 Å². The highest BCUT2D eigenvalue weighted by atomic mass is 19.3. The molecule has 3 aromatic rings. The number of amides is 2. The maximum absolute atomic E-state index is 14.0. The Bertz CT molecular complexity index is 1490. The van der Waals surface area contributed by atoms with Crippen molar-refractivity contribution in [3.63, 3.8) is 0 Å². The first-order valence-electron chi connectivity index (χ1n) is 14.3. The molecule has 0 spiro atoms. The fourth-order valence-electron chi connectivity index (χ4n) is 7.22. The van der Waals surface area contributed by atoms with Crippen LogP contribution < -0.4 is 10.6 Å². The maximum atomic E-state index is 14.0. The number of aromatic nitrogens is 5. The van der Waals surface area contributed by atoms with Gasteiger partial charge in [0.15, 0.2) is 11.3 Å². The first-order valence-corrected chi connectivity index (χ1v) is 14.3. The highest BCUT2D eigenvalue weighted by Gasteiger charge is 2.69. The summed E-state index contributed by atoms with van der Waals surface area (Å²) in [5.74, 6) is -3.27. The molecule has 0 saturated heterocycles. The molecule has 10 nitrogen and oxygen atoms in total. The molecule has 5 aliphatic carbocycles.